The molecule has 6 nitrogen and oxygen atoms in total. The SMILES string of the molecule is Cc1ccc(N2CCCN([C@@H](C)c3ccccc3)C2=O)c(NC(=O)NCc2ccccc2)c1. The maximum Gasteiger partial charge on any atom is 0.325 e. The number of carbonyl (C=O) groups excluding carboxylic acids is 2. The number of rotatable bonds is 6. The maximum atomic E-state index is 13.5. The van der Waals surface area contributed by atoms with E-state index < -0.39 is 0 Å². The summed E-state index contributed by atoms with van der Waals surface area (Å²) in [6.45, 7) is 5.78. The summed E-state index contributed by atoms with van der Waals surface area (Å²) in [6, 6.07) is 25.2. The Kier molecular flexibility index (Phi) is 6.93. The quantitative estimate of drug-likeness (QED) is 0.514. The molecule has 0 saturated carbocycles. The zero-order valence-corrected chi connectivity index (χ0v) is 19.1. The predicted octanol–water partition coefficient (Wildman–Crippen LogP) is 5.71. The number of aryl methyl sites for hydroxylation is 1. The van der Waals surface area contributed by atoms with Gasteiger partial charge in [0.15, 0.2) is 0 Å². The van der Waals surface area contributed by atoms with Crippen molar-refractivity contribution in [3.05, 3.63) is 95.6 Å². The lowest BCUT2D eigenvalue weighted by Gasteiger charge is -2.39. The van der Waals surface area contributed by atoms with E-state index in [1.807, 2.05) is 90.7 Å². The zero-order valence-electron chi connectivity index (χ0n) is 19.1. The fourth-order valence-corrected chi connectivity index (χ4v) is 4.17. The molecular formula is C27H30N4O2. The van der Waals surface area contributed by atoms with Crippen LogP contribution < -0.4 is 15.5 Å². The van der Waals surface area contributed by atoms with E-state index in [-0.39, 0.29) is 18.1 Å². The predicted molar refractivity (Wildman–Crippen MR) is 132 cm³/mol. The number of urea groups is 2. The molecule has 0 aromatic heterocycles. The molecular weight excluding hydrogens is 412 g/mol. The third-order valence-corrected chi connectivity index (χ3v) is 5.99. The van der Waals surface area contributed by atoms with Gasteiger partial charge in [-0.05, 0) is 49.1 Å². The molecule has 0 spiro atoms. The Bertz CT molecular complexity index is 1100. The van der Waals surface area contributed by atoms with Crippen LogP contribution in [-0.4, -0.2) is 30.1 Å². The van der Waals surface area contributed by atoms with Gasteiger partial charge in [0.1, 0.15) is 0 Å². The second-order valence-electron chi connectivity index (χ2n) is 8.38. The van der Waals surface area contributed by atoms with Gasteiger partial charge in [0.25, 0.3) is 0 Å². The summed E-state index contributed by atoms with van der Waals surface area (Å²) in [5, 5.41) is 5.85. The van der Waals surface area contributed by atoms with Crippen molar-refractivity contribution >= 4 is 23.4 Å². The molecule has 3 aromatic rings. The first-order valence-corrected chi connectivity index (χ1v) is 11.4. The Balaban J connectivity index is 1.51. The topological polar surface area (TPSA) is 64.7 Å². The molecule has 0 bridgehead atoms. The van der Waals surface area contributed by atoms with Crippen LogP contribution in [0.15, 0.2) is 78.9 Å². The van der Waals surface area contributed by atoms with Gasteiger partial charge >= 0.3 is 12.1 Å². The highest BCUT2D eigenvalue weighted by atomic mass is 16.2. The molecule has 170 valence electrons. The Morgan fingerprint density at radius 2 is 1.67 bits per heavy atom. The number of anilines is 2. The van der Waals surface area contributed by atoms with Crippen molar-refractivity contribution in [2.45, 2.75) is 32.9 Å². The summed E-state index contributed by atoms with van der Waals surface area (Å²) in [6.07, 6.45) is 0.858. The van der Waals surface area contributed by atoms with Gasteiger partial charge in [-0.2, -0.15) is 0 Å². The molecule has 6 heteroatoms. The number of hydrogen-bond acceptors (Lipinski definition) is 2. The third-order valence-electron chi connectivity index (χ3n) is 5.99. The van der Waals surface area contributed by atoms with Crippen LogP contribution in [0.5, 0.6) is 0 Å². The summed E-state index contributed by atoms with van der Waals surface area (Å²) in [4.78, 5) is 29.8. The number of nitrogens with one attached hydrogen (secondary N) is 2. The molecule has 0 aliphatic carbocycles. The number of benzene rings is 3. The van der Waals surface area contributed by atoms with Crippen LogP contribution >= 0.6 is 0 Å². The van der Waals surface area contributed by atoms with Crippen molar-refractivity contribution in [1.29, 1.82) is 0 Å². The third kappa shape index (κ3) is 5.34. The van der Waals surface area contributed by atoms with E-state index >= 15 is 0 Å². The molecule has 3 aromatic carbocycles. The van der Waals surface area contributed by atoms with E-state index in [0.717, 1.165) is 23.1 Å². The van der Waals surface area contributed by atoms with Crippen LogP contribution in [0, 0.1) is 6.92 Å². The van der Waals surface area contributed by atoms with Crippen molar-refractivity contribution in [3.63, 3.8) is 0 Å². The van der Waals surface area contributed by atoms with E-state index in [4.69, 9.17) is 0 Å². The zero-order chi connectivity index (χ0) is 23.2. The van der Waals surface area contributed by atoms with Crippen LogP contribution in [-0.2, 0) is 6.54 Å². The summed E-state index contributed by atoms with van der Waals surface area (Å²) in [5.74, 6) is 0. The minimum Gasteiger partial charge on any atom is -0.334 e. The lowest BCUT2D eigenvalue weighted by molar-refractivity contribution is 0.175. The van der Waals surface area contributed by atoms with Crippen LogP contribution in [0.4, 0.5) is 21.0 Å². The highest BCUT2D eigenvalue weighted by Crippen LogP contribution is 2.32. The van der Waals surface area contributed by atoms with Gasteiger partial charge in [-0.3, -0.25) is 4.90 Å². The second kappa shape index (κ2) is 10.2. The Morgan fingerprint density at radius 3 is 2.39 bits per heavy atom. The van der Waals surface area contributed by atoms with Crippen LogP contribution in [0.1, 0.15) is 36.1 Å². The largest absolute Gasteiger partial charge is 0.334 e. The molecule has 4 amide bonds. The van der Waals surface area contributed by atoms with Crippen molar-refractivity contribution in [2.24, 2.45) is 0 Å². The average Bonchev–Trinajstić information content (AvgIpc) is 2.84. The molecule has 1 heterocycles. The lowest BCUT2D eigenvalue weighted by Crippen LogP contribution is -2.50. The molecule has 0 radical (unpaired) electrons. The van der Waals surface area contributed by atoms with Gasteiger partial charge in [-0.1, -0.05) is 66.7 Å². The normalized spacial score (nSPS) is 14.7. The van der Waals surface area contributed by atoms with E-state index in [0.29, 0.717) is 31.0 Å². The lowest BCUT2D eigenvalue weighted by atomic mass is 10.1. The minimum absolute atomic E-state index is 0.0301. The number of nitrogens with zero attached hydrogens (tertiary/aromatic N) is 2. The van der Waals surface area contributed by atoms with Crippen molar-refractivity contribution < 1.29 is 9.59 Å². The van der Waals surface area contributed by atoms with Crippen molar-refractivity contribution in [2.75, 3.05) is 23.3 Å². The van der Waals surface area contributed by atoms with E-state index in [2.05, 4.69) is 17.6 Å². The summed E-state index contributed by atoms with van der Waals surface area (Å²) < 4.78 is 0. The first-order chi connectivity index (χ1) is 16.0. The van der Waals surface area contributed by atoms with Crippen molar-refractivity contribution in [1.82, 2.24) is 10.2 Å². The number of carbonyl (C=O) groups is 2. The number of hydrogen-bond donors (Lipinski definition) is 2. The van der Waals surface area contributed by atoms with Gasteiger partial charge < -0.3 is 15.5 Å². The van der Waals surface area contributed by atoms with Gasteiger partial charge in [0.05, 0.1) is 17.4 Å². The van der Waals surface area contributed by atoms with Crippen LogP contribution in [0.2, 0.25) is 0 Å². The van der Waals surface area contributed by atoms with E-state index in [1.54, 1.807) is 4.90 Å². The Morgan fingerprint density at radius 1 is 0.970 bits per heavy atom. The second-order valence-corrected chi connectivity index (χ2v) is 8.38. The monoisotopic (exact) mass is 442 g/mol. The van der Waals surface area contributed by atoms with Crippen LogP contribution in [0.25, 0.3) is 0 Å². The minimum atomic E-state index is -0.301. The smallest absolute Gasteiger partial charge is 0.325 e. The molecule has 33 heavy (non-hydrogen) atoms. The van der Waals surface area contributed by atoms with E-state index in [1.165, 1.54) is 0 Å². The van der Waals surface area contributed by atoms with Gasteiger partial charge in [0.2, 0.25) is 0 Å². The molecule has 4 rings (SSSR count). The molecule has 0 unspecified atom stereocenters. The van der Waals surface area contributed by atoms with Crippen LogP contribution in [0.3, 0.4) is 0 Å². The average molecular weight is 443 g/mol. The maximum absolute atomic E-state index is 13.5. The van der Waals surface area contributed by atoms with Gasteiger partial charge in [-0.15, -0.1) is 0 Å². The number of amides is 4. The standard InChI is InChI=1S/C27H30N4O2/c1-20-14-15-25(24(18-20)29-26(32)28-19-22-10-5-3-6-11-22)31-17-9-16-30(27(31)33)21(2)23-12-7-4-8-13-23/h3-8,10-15,18,21H,9,16-17,19H2,1-2H3,(H2,28,29,32)/t21-/m0/s1. The molecule has 1 aliphatic rings. The fraction of sp³-hybridized carbons (Fsp3) is 0.259. The van der Waals surface area contributed by atoms with E-state index in [9.17, 15) is 9.59 Å². The summed E-state index contributed by atoms with van der Waals surface area (Å²) in [5.41, 5.74) is 4.48. The summed E-state index contributed by atoms with van der Waals surface area (Å²) in [7, 11) is 0. The van der Waals surface area contributed by atoms with Crippen molar-refractivity contribution in [3.8, 4) is 0 Å². The Hall–Kier alpha value is -3.80. The molecule has 1 aliphatic heterocycles. The molecule has 1 saturated heterocycles. The first-order valence-electron chi connectivity index (χ1n) is 11.4. The highest BCUT2D eigenvalue weighted by molar-refractivity contribution is 6.00. The highest BCUT2D eigenvalue weighted by Gasteiger charge is 2.32. The molecule has 2 N–H and O–H groups in total. The Labute approximate surface area is 195 Å². The van der Waals surface area contributed by atoms with Gasteiger partial charge in [0, 0.05) is 19.6 Å². The fourth-order valence-electron chi connectivity index (χ4n) is 4.17. The molecule has 1 atom stereocenters. The van der Waals surface area contributed by atoms with Gasteiger partial charge in [-0.25, -0.2) is 9.59 Å². The molecule has 1 fully saturated rings. The summed E-state index contributed by atoms with van der Waals surface area (Å²) >= 11 is 0. The first kappa shape index (κ1) is 22.4.